The van der Waals surface area contributed by atoms with Gasteiger partial charge in [0, 0.05) is 19.5 Å². The number of nitrogens with one attached hydrogen (secondary N) is 1. The lowest BCUT2D eigenvalue weighted by atomic mass is 9.43. The van der Waals surface area contributed by atoms with Crippen LogP contribution in [0.2, 0.25) is 6.32 Å². The molecule has 3 amide bonds. The third-order valence-corrected chi connectivity index (χ3v) is 11.7. The first-order valence-corrected chi connectivity index (χ1v) is 19.3. The fraction of sp³-hybridized carbons (Fsp3) is 0.718. The van der Waals surface area contributed by atoms with Crippen molar-refractivity contribution in [2.24, 2.45) is 17.3 Å². The van der Waals surface area contributed by atoms with E-state index < -0.39 is 66.2 Å². The first-order chi connectivity index (χ1) is 25.4. The van der Waals surface area contributed by atoms with E-state index >= 15 is 0 Å². The number of hydrogen-bond donors (Lipinski definition) is 2. The van der Waals surface area contributed by atoms with Gasteiger partial charge in [-0.1, -0.05) is 19.9 Å². The topological polar surface area (TPSA) is 179 Å². The van der Waals surface area contributed by atoms with Gasteiger partial charge in [0.25, 0.3) is 0 Å². The summed E-state index contributed by atoms with van der Waals surface area (Å²) >= 11 is 0. The number of benzene rings is 1. The Balaban J connectivity index is 1.23. The summed E-state index contributed by atoms with van der Waals surface area (Å²) in [7, 11) is -0.496. The molecule has 6 atom stereocenters. The lowest BCUT2D eigenvalue weighted by Crippen LogP contribution is -2.65. The molecule has 7 rings (SSSR count). The lowest BCUT2D eigenvalue weighted by Gasteiger charge is -2.64. The van der Waals surface area contributed by atoms with Gasteiger partial charge in [-0.05, 0) is 109 Å². The highest BCUT2D eigenvalue weighted by atomic mass is 16.7. The highest BCUT2D eigenvalue weighted by molar-refractivity contribution is 6.45. The van der Waals surface area contributed by atoms with Gasteiger partial charge in [0.2, 0.25) is 11.8 Å². The number of amides is 3. The van der Waals surface area contributed by atoms with E-state index in [0.29, 0.717) is 30.1 Å². The Morgan fingerprint density at radius 2 is 1.64 bits per heavy atom. The van der Waals surface area contributed by atoms with Crippen LogP contribution in [0.5, 0.6) is 11.5 Å². The van der Waals surface area contributed by atoms with Crippen LogP contribution in [0.25, 0.3) is 0 Å². The van der Waals surface area contributed by atoms with Crippen LogP contribution < -0.4 is 14.8 Å². The molecule has 0 spiro atoms. The largest absolute Gasteiger partial charge is 0.514 e. The molecular weight excluding hydrogens is 713 g/mol. The molecule has 3 saturated carbocycles. The summed E-state index contributed by atoms with van der Waals surface area (Å²) in [6.07, 6.45) is 0.130. The maximum Gasteiger partial charge on any atom is 0.514 e. The monoisotopic (exact) mass is 769 g/mol. The van der Waals surface area contributed by atoms with E-state index in [1.165, 1.54) is 11.8 Å². The number of carboxylic acid groups (broad SMARTS) is 1. The summed E-state index contributed by atoms with van der Waals surface area (Å²) in [5.41, 5.74) is -1.59. The van der Waals surface area contributed by atoms with Crippen molar-refractivity contribution in [1.29, 1.82) is 0 Å². The smallest absolute Gasteiger partial charge is 0.486 e. The Morgan fingerprint density at radius 3 is 2.24 bits per heavy atom. The first-order valence-electron chi connectivity index (χ1n) is 19.3. The molecule has 3 aliphatic carbocycles. The summed E-state index contributed by atoms with van der Waals surface area (Å²) in [4.78, 5) is 66.7. The van der Waals surface area contributed by atoms with Crippen LogP contribution in [0, 0.1) is 17.3 Å². The predicted molar refractivity (Wildman–Crippen MR) is 199 cm³/mol. The fourth-order valence-electron chi connectivity index (χ4n) is 9.00. The second kappa shape index (κ2) is 14.5. The quantitative estimate of drug-likeness (QED) is 0.194. The van der Waals surface area contributed by atoms with Crippen LogP contribution in [0.1, 0.15) is 104 Å². The van der Waals surface area contributed by atoms with Crippen molar-refractivity contribution in [1.82, 2.24) is 15.1 Å². The average Bonchev–Trinajstić information content (AvgIpc) is 3.59. The van der Waals surface area contributed by atoms with E-state index in [4.69, 9.17) is 28.3 Å². The SMILES string of the molecule is CC(=O)N[C@H]1C[C@@H](C(=O)N2CC(Oc3ccc(CCB4O[C@@H]5C[C@@H]6C[C@@H](C6(C)C)[C@]5(C)O4)c(OC(=O)OC(C)(C)C)c3C(=O)OC(C)(C)C)C2)N(C(=O)O)C1. The molecule has 3 heterocycles. The van der Waals surface area contributed by atoms with Crippen molar-refractivity contribution < 1.29 is 57.3 Å². The second-order valence-corrected chi connectivity index (χ2v) is 18.5. The first kappa shape index (κ1) is 40.6. The highest BCUT2D eigenvalue weighted by Crippen LogP contribution is 2.65. The summed E-state index contributed by atoms with van der Waals surface area (Å²) < 4.78 is 36.6. The summed E-state index contributed by atoms with van der Waals surface area (Å²) in [5.74, 6) is -0.487. The Labute approximate surface area is 323 Å². The van der Waals surface area contributed by atoms with Crippen LogP contribution >= 0.6 is 0 Å². The third-order valence-electron chi connectivity index (χ3n) is 11.7. The highest BCUT2D eigenvalue weighted by Gasteiger charge is 2.67. The van der Waals surface area contributed by atoms with Gasteiger partial charge < -0.3 is 43.6 Å². The maximum atomic E-state index is 14.0. The Morgan fingerprint density at radius 1 is 0.964 bits per heavy atom. The number of aryl methyl sites for hydroxylation is 1. The third kappa shape index (κ3) is 8.40. The number of carbonyl (C=O) groups excluding carboxylic acids is 4. The molecule has 0 unspecified atom stereocenters. The van der Waals surface area contributed by atoms with Crippen molar-refractivity contribution >= 4 is 37.2 Å². The number of carbonyl (C=O) groups is 5. The zero-order valence-electron chi connectivity index (χ0n) is 33.7. The minimum atomic E-state index is -1.25. The molecule has 2 N–H and O–H groups in total. The molecule has 6 aliphatic rings. The van der Waals surface area contributed by atoms with E-state index in [-0.39, 0.29) is 60.5 Å². The van der Waals surface area contributed by atoms with Gasteiger partial charge in [0.1, 0.15) is 34.7 Å². The van der Waals surface area contributed by atoms with E-state index in [0.717, 1.165) is 17.7 Å². The molecule has 3 saturated heterocycles. The van der Waals surface area contributed by atoms with Crippen molar-refractivity contribution in [2.45, 2.75) is 142 Å². The molecule has 2 bridgehead atoms. The van der Waals surface area contributed by atoms with Crippen LogP contribution in [0.3, 0.4) is 0 Å². The standard InChI is InChI=1S/C39H56BN3O12/c1-21(44)41-24-17-26(43(18-24)34(47)48)32(45)42-19-25(20-42)50-27-12-11-22(13-14-40-54-29-16-23-15-28(38(23,8)9)39(29,10)55-40)31(51-35(49)53-37(5,6)7)30(27)33(46)52-36(2,3)4/h11-12,23-26,28-29H,13-20H2,1-10H3,(H,41,44)(H,47,48)/t23-,24-,26-,28-,29+,39-/m0/s1. The van der Waals surface area contributed by atoms with E-state index in [1.54, 1.807) is 53.7 Å². The zero-order chi connectivity index (χ0) is 40.4. The number of rotatable bonds is 9. The number of likely N-dealkylation sites (tertiary alicyclic amines) is 2. The van der Waals surface area contributed by atoms with E-state index in [9.17, 15) is 29.1 Å². The number of ether oxygens (including phenoxy) is 4. The van der Waals surface area contributed by atoms with E-state index in [2.05, 4.69) is 26.1 Å². The maximum absolute atomic E-state index is 14.0. The summed E-state index contributed by atoms with van der Waals surface area (Å²) in [5, 5.41) is 12.4. The molecule has 3 aliphatic heterocycles. The molecule has 16 heteroatoms. The molecule has 1 aromatic rings. The van der Waals surface area contributed by atoms with Gasteiger partial charge in [-0.25, -0.2) is 14.4 Å². The molecular formula is C39H56BN3O12. The van der Waals surface area contributed by atoms with Crippen LogP contribution in [-0.2, 0) is 34.8 Å². The van der Waals surface area contributed by atoms with Crippen molar-refractivity contribution in [2.75, 3.05) is 19.6 Å². The van der Waals surface area contributed by atoms with Crippen LogP contribution in [0.4, 0.5) is 9.59 Å². The molecule has 1 aromatic carbocycles. The molecule has 0 radical (unpaired) electrons. The van der Waals surface area contributed by atoms with E-state index in [1.807, 2.05) is 0 Å². The van der Waals surface area contributed by atoms with Gasteiger partial charge >= 0.3 is 25.3 Å². The van der Waals surface area contributed by atoms with Gasteiger partial charge in [-0.15, -0.1) is 0 Å². The van der Waals surface area contributed by atoms with Crippen LogP contribution in [-0.4, -0.2) is 113 Å². The van der Waals surface area contributed by atoms with Gasteiger partial charge in [0.05, 0.1) is 24.8 Å². The Hall–Kier alpha value is -4.05. The zero-order valence-corrected chi connectivity index (χ0v) is 33.7. The number of esters is 1. The second-order valence-electron chi connectivity index (χ2n) is 18.5. The van der Waals surface area contributed by atoms with Crippen molar-refractivity contribution in [3.8, 4) is 11.5 Å². The summed E-state index contributed by atoms with van der Waals surface area (Å²) in [6, 6.07) is 1.90. The average molecular weight is 770 g/mol. The van der Waals surface area contributed by atoms with Gasteiger partial charge in [-0.3, -0.25) is 14.5 Å². The van der Waals surface area contributed by atoms with Crippen LogP contribution in [0.15, 0.2) is 12.1 Å². The van der Waals surface area contributed by atoms with Gasteiger partial charge in [-0.2, -0.15) is 0 Å². The van der Waals surface area contributed by atoms with Crippen molar-refractivity contribution in [3.05, 3.63) is 23.3 Å². The minimum Gasteiger partial charge on any atom is -0.486 e. The normalized spacial score (nSPS) is 28.4. The molecule has 0 aromatic heterocycles. The molecule has 55 heavy (non-hydrogen) atoms. The van der Waals surface area contributed by atoms with Crippen molar-refractivity contribution in [3.63, 3.8) is 0 Å². The molecule has 15 nitrogen and oxygen atoms in total. The number of hydrogen-bond acceptors (Lipinski definition) is 11. The fourth-order valence-corrected chi connectivity index (χ4v) is 9.00. The lowest BCUT2D eigenvalue weighted by molar-refractivity contribution is -0.199. The predicted octanol–water partition coefficient (Wildman–Crippen LogP) is 5.07. The number of nitrogens with zero attached hydrogens (tertiary/aromatic N) is 2. The summed E-state index contributed by atoms with van der Waals surface area (Å²) in [6.45, 7) is 18.6. The Bertz CT molecular complexity index is 1720. The van der Waals surface area contributed by atoms with Gasteiger partial charge in [0.15, 0.2) is 5.75 Å². The molecule has 302 valence electrons. The minimum absolute atomic E-state index is 0.00314. The molecule has 6 fully saturated rings. The Kier molecular flexibility index (Phi) is 10.7.